The van der Waals surface area contributed by atoms with E-state index in [1.807, 2.05) is 30.3 Å². The predicted octanol–water partition coefficient (Wildman–Crippen LogP) is 3.43. The molecule has 2 rings (SSSR count). The van der Waals surface area contributed by atoms with Crippen LogP contribution in [-0.2, 0) is 0 Å². The fraction of sp³-hybridized carbons (Fsp3) is 0.375. The van der Waals surface area contributed by atoms with Crippen molar-refractivity contribution in [2.24, 2.45) is 5.92 Å². The SMILES string of the molecule is Cc1oc(-c2ccccc2)nc1C(=O)NCCC(C)C. The van der Waals surface area contributed by atoms with E-state index in [9.17, 15) is 4.79 Å². The van der Waals surface area contributed by atoms with Crippen molar-refractivity contribution in [1.82, 2.24) is 10.3 Å². The summed E-state index contributed by atoms with van der Waals surface area (Å²) in [6.45, 7) is 6.67. The Hall–Kier alpha value is -2.10. The van der Waals surface area contributed by atoms with Crippen LogP contribution in [0.4, 0.5) is 0 Å². The zero-order valence-corrected chi connectivity index (χ0v) is 12.1. The van der Waals surface area contributed by atoms with Gasteiger partial charge in [-0.25, -0.2) is 4.98 Å². The monoisotopic (exact) mass is 272 g/mol. The molecule has 0 fully saturated rings. The lowest BCUT2D eigenvalue weighted by Crippen LogP contribution is -2.26. The number of aromatic nitrogens is 1. The average molecular weight is 272 g/mol. The van der Waals surface area contributed by atoms with E-state index in [0.717, 1.165) is 12.0 Å². The summed E-state index contributed by atoms with van der Waals surface area (Å²) in [7, 11) is 0. The second-order valence-corrected chi connectivity index (χ2v) is 5.23. The first-order valence-corrected chi connectivity index (χ1v) is 6.89. The van der Waals surface area contributed by atoms with Crippen LogP contribution in [0.3, 0.4) is 0 Å². The number of benzene rings is 1. The van der Waals surface area contributed by atoms with E-state index in [2.05, 4.69) is 24.1 Å². The second-order valence-electron chi connectivity index (χ2n) is 5.23. The Morgan fingerprint density at radius 3 is 2.65 bits per heavy atom. The summed E-state index contributed by atoms with van der Waals surface area (Å²) in [5.74, 6) is 1.42. The quantitative estimate of drug-likeness (QED) is 0.907. The van der Waals surface area contributed by atoms with E-state index >= 15 is 0 Å². The average Bonchev–Trinajstić information content (AvgIpc) is 2.81. The highest BCUT2D eigenvalue weighted by Gasteiger charge is 2.17. The number of amides is 1. The van der Waals surface area contributed by atoms with E-state index < -0.39 is 0 Å². The highest BCUT2D eigenvalue weighted by atomic mass is 16.4. The van der Waals surface area contributed by atoms with Crippen molar-refractivity contribution in [3.8, 4) is 11.5 Å². The van der Waals surface area contributed by atoms with E-state index in [-0.39, 0.29) is 5.91 Å². The molecule has 0 saturated heterocycles. The fourth-order valence-corrected chi connectivity index (χ4v) is 1.87. The molecule has 106 valence electrons. The van der Waals surface area contributed by atoms with Crippen LogP contribution in [0.2, 0.25) is 0 Å². The first kappa shape index (κ1) is 14.3. The molecule has 1 heterocycles. The summed E-state index contributed by atoms with van der Waals surface area (Å²) < 4.78 is 5.58. The van der Waals surface area contributed by atoms with Gasteiger partial charge in [0, 0.05) is 12.1 Å². The largest absolute Gasteiger partial charge is 0.441 e. The van der Waals surface area contributed by atoms with Gasteiger partial charge in [-0.05, 0) is 31.4 Å². The highest BCUT2D eigenvalue weighted by Crippen LogP contribution is 2.21. The molecule has 1 aromatic carbocycles. The highest BCUT2D eigenvalue weighted by molar-refractivity contribution is 5.93. The van der Waals surface area contributed by atoms with Gasteiger partial charge >= 0.3 is 0 Å². The van der Waals surface area contributed by atoms with Crippen molar-refractivity contribution < 1.29 is 9.21 Å². The van der Waals surface area contributed by atoms with Crippen molar-refractivity contribution in [3.63, 3.8) is 0 Å². The number of rotatable bonds is 5. The van der Waals surface area contributed by atoms with Crippen LogP contribution < -0.4 is 5.32 Å². The van der Waals surface area contributed by atoms with Crippen LogP contribution in [-0.4, -0.2) is 17.4 Å². The van der Waals surface area contributed by atoms with Crippen LogP contribution in [0.15, 0.2) is 34.7 Å². The number of carbonyl (C=O) groups is 1. The molecule has 1 aromatic heterocycles. The van der Waals surface area contributed by atoms with Crippen LogP contribution in [0.5, 0.6) is 0 Å². The number of carbonyl (C=O) groups excluding carboxylic acids is 1. The maximum absolute atomic E-state index is 12.1. The van der Waals surface area contributed by atoms with Gasteiger partial charge in [0.1, 0.15) is 5.76 Å². The summed E-state index contributed by atoms with van der Waals surface area (Å²) >= 11 is 0. The molecule has 0 atom stereocenters. The molecular formula is C16H20N2O2. The molecule has 1 amide bonds. The molecule has 20 heavy (non-hydrogen) atoms. The van der Waals surface area contributed by atoms with Crippen LogP contribution in [0.1, 0.15) is 36.5 Å². The number of oxazole rings is 1. The topological polar surface area (TPSA) is 55.1 Å². The standard InChI is InChI=1S/C16H20N2O2/c1-11(2)9-10-17-15(19)14-12(3)20-16(18-14)13-7-5-4-6-8-13/h4-8,11H,9-10H2,1-3H3,(H,17,19). The molecule has 0 aliphatic heterocycles. The minimum absolute atomic E-state index is 0.172. The molecule has 2 aromatic rings. The zero-order chi connectivity index (χ0) is 14.5. The first-order valence-electron chi connectivity index (χ1n) is 6.89. The maximum atomic E-state index is 12.1. The Kier molecular flexibility index (Phi) is 4.56. The Bertz CT molecular complexity index is 573. The summed E-state index contributed by atoms with van der Waals surface area (Å²) in [5.41, 5.74) is 1.24. The summed E-state index contributed by atoms with van der Waals surface area (Å²) in [5, 5.41) is 2.87. The van der Waals surface area contributed by atoms with Gasteiger partial charge in [-0.1, -0.05) is 32.0 Å². The van der Waals surface area contributed by atoms with Crippen molar-refractivity contribution in [2.75, 3.05) is 6.54 Å². The lowest BCUT2D eigenvalue weighted by Gasteiger charge is -2.05. The van der Waals surface area contributed by atoms with Crippen molar-refractivity contribution in [3.05, 3.63) is 41.8 Å². The molecule has 0 spiro atoms. The fourth-order valence-electron chi connectivity index (χ4n) is 1.87. The third-order valence-corrected chi connectivity index (χ3v) is 3.04. The van der Waals surface area contributed by atoms with Crippen molar-refractivity contribution >= 4 is 5.91 Å². The minimum Gasteiger partial charge on any atom is -0.441 e. The molecule has 0 bridgehead atoms. The molecule has 1 N–H and O–H groups in total. The molecule has 0 aliphatic carbocycles. The molecule has 0 aliphatic rings. The van der Waals surface area contributed by atoms with E-state index in [4.69, 9.17) is 4.42 Å². The Labute approximate surface area is 119 Å². The van der Waals surface area contributed by atoms with Gasteiger partial charge in [-0.2, -0.15) is 0 Å². The Balaban J connectivity index is 2.10. The number of nitrogens with one attached hydrogen (secondary N) is 1. The van der Waals surface area contributed by atoms with Crippen LogP contribution in [0.25, 0.3) is 11.5 Å². The van der Waals surface area contributed by atoms with Crippen molar-refractivity contribution in [2.45, 2.75) is 27.2 Å². The lowest BCUT2D eigenvalue weighted by atomic mass is 10.1. The second kappa shape index (κ2) is 6.37. The molecule has 4 nitrogen and oxygen atoms in total. The molecule has 0 saturated carbocycles. The van der Waals surface area contributed by atoms with Gasteiger partial charge in [0.05, 0.1) is 0 Å². The number of hydrogen-bond donors (Lipinski definition) is 1. The zero-order valence-electron chi connectivity index (χ0n) is 12.1. The van der Waals surface area contributed by atoms with Gasteiger partial charge in [0.15, 0.2) is 5.69 Å². The van der Waals surface area contributed by atoms with Gasteiger partial charge in [-0.3, -0.25) is 4.79 Å². The normalized spacial score (nSPS) is 10.8. The molecular weight excluding hydrogens is 252 g/mol. The number of hydrogen-bond acceptors (Lipinski definition) is 3. The predicted molar refractivity (Wildman–Crippen MR) is 78.5 cm³/mol. The third-order valence-electron chi connectivity index (χ3n) is 3.04. The summed E-state index contributed by atoms with van der Waals surface area (Å²) in [6, 6.07) is 9.57. The minimum atomic E-state index is -0.172. The van der Waals surface area contributed by atoms with E-state index in [1.54, 1.807) is 6.92 Å². The number of nitrogens with zero attached hydrogens (tertiary/aromatic N) is 1. The van der Waals surface area contributed by atoms with Crippen LogP contribution in [0, 0.1) is 12.8 Å². The van der Waals surface area contributed by atoms with Gasteiger partial charge < -0.3 is 9.73 Å². The third kappa shape index (κ3) is 3.47. The van der Waals surface area contributed by atoms with Gasteiger partial charge in [0.25, 0.3) is 5.91 Å². The van der Waals surface area contributed by atoms with Crippen molar-refractivity contribution in [1.29, 1.82) is 0 Å². The van der Waals surface area contributed by atoms with Gasteiger partial charge in [0.2, 0.25) is 5.89 Å². The van der Waals surface area contributed by atoms with E-state index in [1.165, 1.54) is 0 Å². The van der Waals surface area contributed by atoms with E-state index in [0.29, 0.717) is 29.8 Å². The molecule has 0 radical (unpaired) electrons. The Morgan fingerprint density at radius 1 is 1.30 bits per heavy atom. The van der Waals surface area contributed by atoms with Crippen LogP contribution >= 0.6 is 0 Å². The number of aryl methyl sites for hydroxylation is 1. The smallest absolute Gasteiger partial charge is 0.273 e. The summed E-state index contributed by atoms with van der Waals surface area (Å²) in [6.07, 6.45) is 0.953. The summed E-state index contributed by atoms with van der Waals surface area (Å²) in [4.78, 5) is 16.4. The lowest BCUT2D eigenvalue weighted by molar-refractivity contribution is 0.0946. The van der Waals surface area contributed by atoms with Gasteiger partial charge in [-0.15, -0.1) is 0 Å². The molecule has 4 heteroatoms. The maximum Gasteiger partial charge on any atom is 0.273 e. The Morgan fingerprint density at radius 2 is 2.00 bits per heavy atom. The molecule has 0 unspecified atom stereocenters. The first-order chi connectivity index (χ1) is 9.58.